The van der Waals surface area contributed by atoms with Crippen molar-refractivity contribution < 1.29 is 9.53 Å². The second-order valence-electron chi connectivity index (χ2n) is 5.99. The van der Waals surface area contributed by atoms with Gasteiger partial charge < -0.3 is 15.0 Å². The first-order valence-electron chi connectivity index (χ1n) is 7.37. The monoisotopic (exact) mass is 316 g/mol. The summed E-state index contributed by atoms with van der Waals surface area (Å²) >= 11 is 1.44. The number of thiophene rings is 1. The number of carbonyl (C=O) groups is 1. The molecule has 1 amide bonds. The third kappa shape index (κ3) is 3.15. The molecule has 1 aromatic heterocycles. The van der Waals surface area contributed by atoms with Crippen LogP contribution in [0, 0.1) is 0 Å². The van der Waals surface area contributed by atoms with Crippen LogP contribution in [0.25, 0.3) is 0 Å². The van der Waals surface area contributed by atoms with Crippen molar-refractivity contribution in [3.8, 4) is 0 Å². The number of hydrogen-bond acceptors (Lipinski definition) is 4. The Hall–Kier alpha value is -1.85. The molecule has 1 N–H and O–H groups in total. The molecular formula is C17H20N2O2S. The highest BCUT2D eigenvalue weighted by Gasteiger charge is 2.30. The summed E-state index contributed by atoms with van der Waals surface area (Å²) in [4.78, 5) is 15.1. The minimum atomic E-state index is -0.0607. The van der Waals surface area contributed by atoms with Crippen molar-refractivity contribution in [3.63, 3.8) is 0 Å². The molecule has 5 heteroatoms. The van der Waals surface area contributed by atoms with Crippen LogP contribution in [0.1, 0.15) is 23.5 Å². The Morgan fingerprint density at radius 3 is 2.68 bits per heavy atom. The lowest BCUT2D eigenvalue weighted by Gasteiger charge is -2.43. The second kappa shape index (κ2) is 6.10. The van der Waals surface area contributed by atoms with Crippen LogP contribution in [0.2, 0.25) is 0 Å². The van der Waals surface area contributed by atoms with Crippen molar-refractivity contribution in [1.29, 1.82) is 0 Å². The van der Waals surface area contributed by atoms with Gasteiger partial charge in [0.2, 0.25) is 0 Å². The zero-order valence-electron chi connectivity index (χ0n) is 12.8. The molecule has 3 rings (SSSR count). The van der Waals surface area contributed by atoms with Crippen molar-refractivity contribution in [2.24, 2.45) is 0 Å². The lowest BCUT2D eigenvalue weighted by atomic mass is 10.0. The van der Waals surface area contributed by atoms with E-state index >= 15 is 0 Å². The van der Waals surface area contributed by atoms with E-state index in [4.69, 9.17) is 4.74 Å². The Morgan fingerprint density at radius 2 is 2.05 bits per heavy atom. The molecule has 2 aromatic rings. The third-order valence-electron chi connectivity index (χ3n) is 3.83. The average molecular weight is 316 g/mol. The van der Waals surface area contributed by atoms with Gasteiger partial charge in [-0.2, -0.15) is 0 Å². The molecule has 2 heterocycles. The molecule has 0 aliphatic carbocycles. The quantitative estimate of drug-likeness (QED) is 0.940. The van der Waals surface area contributed by atoms with Gasteiger partial charge in [0.1, 0.15) is 0 Å². The van der Waals surface area contributed by atoms with E-state index in [2.05, 4.69) is 36.2 Å². The highest BCUT2D eigenvalue weighted by Crippen LogP contribution is 2.28. The van der Waals surface area contributed by atoms with Crippen LogP contribution in [0.3, 0.4) is 0 Å². The van der Waals surface area contributed by atoms with E-state index in [0.29, 0.717) is 0 Å². The standard InChI is InChI=1S/C17H20N2O2S/c1-17(2)12-21-10-9-19(17)14-7-5-13(6-8-14)18-16(20)15-4-3-11-22-15/h3-8,11H,9-10,12H2,1-2H3,(H,18,20). The van der Waals surface area contributed by atoms with Crippen LogP contribution >= 0.6 is 11.3 Å². The Kier molecular flexibility index (Phi) is 4.18. The second-order valence-corrected chi connectivity index (χ2v) is 6.94. The van der Waals surface area contributed by atoms with Gasteiger partial charge in [-0.3, -0.25) is 4.79 Å². The molecular weight excluding hydrogens is 296 g/mol. The van der Waals surface area contributed by atoms with Crippen LogP contribution in [0.5, 0.6) is 0 Å². The fourth-order valence-electron chi connectivity index (χ4n) is 2.66. The van der Waals surface area contributed by atoms with Crippen LogP contribution in [-0.2, 0) is 4.74 Å². The van der Waals surface area contributed by atoms with E-state index in [1.165, 1.54) is 11.3 Å². The van der Waals surface area contributed by atoms with Gasteiger partial charge in [-0.05, 0) is 49.6 Å². The van der Waals surface area contributed by atoms with Crippen LogP contribution in [0.4, 0.5) is 11.4 Å². The summed E-state index contributed by atoms with van der Waals surface area (Å²) in [6.07, 6.45) is 0. The van der Waals surface area contributed by atoms with Crippen LogP contribution in [-0.4, -0.2) is 31.2 Å². The maximum absolute atomic E-state index is 12.0. The minimum Gasteiger partial charge on any atom is -0.377 e. The van der Waals surface area contributed by atoms with E-state index in [1.807, 2.05) is 29.6 Å². The average Bonchev–Trinajstić information content (AvgIpc) is 3.02. The summed E-state index contributed by atoms with van der Waals surface area (Å²) in [7, 11) is 0. The molecule has 116 valence electrons. The van der Waals surface area contributed by atoms with Gasteiger partial charge in [0.25, 0.3) is 5.91 Å². The molecule has 0 atom stereocenters. The van der Waals surface area contributed by atoms with Crippen LogP contribution < -0.4 is 10.2 Å². The number of hydrogen-bond donors (Lipinski definition) is 1. The topological polar surface area (TPSA) is 41.6 Å². The molecule has 1 aliphatic heterocycles. The van der Waals surface area contributed by atoms with Gasteiger partial charge in [0.15, 0.2) is 0 Å². The highest BCUT2D eigenvalue weighted by molar-refractivity contribution is 7.12. The van der Waals surface area contributed by atoms with E-state index < -0.39 is 0 Å². The third-order valence-corrected chi connectivity index (χ3v) is 4.70. The first-order valence-corrected chi connectivity index (χ1v) is 8.24. The van der Waals surface area contributed by atoms with Crippen molar-refractivity contribution >= 4 is 28.6 Å². The minimum absolute atomic E-state index is 0.0139. The van der Waals surface area contributed by atoms with Crippen molar-refractivity contribution in [2.75, 3.05) is 30.0 Å². The number of anilines is 2. The van der Waals surface area contributed by atoms with E-state index in [-0.39, 0.29) is 11.4 Å². The van der Waals surface area contributed by atoms with Gasteiger partial charge in [-0.15, -0.1) is 11.3 Å². The summed E-state index contributed by atoms with van der Waals surface area (Å²) in [6.45, 7) is 6.72. The molecule has 0 spiro atoms. The van der Waals surface area contributed by atoms with Gasteiger partial charge in [-0.1, -0.05) is 6.07 Å². The molecule has 22 heavy (non-hydrogen) atoms. The summed E-state index contributed by atoms with van der Waals surface area (Å²) in [6, 6.07) is 11.7. The van der Waals surface area contributed by atoms with Gasteiger partial charge in [0, 0.05) is 17.9 Å². The number of benzene rings is 1. The number of nitrogens with one attached hydrogen (secondary N) is 1. The molecule has 1 fully saturated rings. The zero-order valence-corrected chi connectivity index (χ0v) is 13.7. The fourth-order valence-corrected chi connectivity index (χ4v) is 3.28. The zero-order chi connectivity index (χ0) is 15.6. The lowest BCUT2D eigenvalue weighted by Crippen LogP contribution is -2.53. The molecule has 0 unspecified atom stereocenters. The highest BCUT2D eigenvalue weighted by atomic mass is 32.1. The maximum Gasteiger partial charge on any atom is 0.265 e. The fraction of sp³-hybridized carbons (Fsp3) is 0.353. The largest absolute Gasteiger partial charge is 0.377 e. The molecule has 1 saturated heterocycles. The number of amides is 1. The maximum atomic E-state index is 12.0. The smallest absolute Gasteiger partial charge is 0.265 e. The van der Waals surface area contributed by atoms with Crippen LogP contribution in [0.15, 0.2) is 41.8 Å². The predicted octanol–water partition coefficient (Wildman–Crippen LogP) is 3.62. The summed E-state index contributed by atoms with van der Waals surface area (Å²) in [5.74, 6) is -0.0607. The summed E-state index contributed by atoms with van der Waals surface area (Å²) in [5, 5.41) is 4.82. The van der Waals surface area contributed by atoms with Gasteiger partial charge in [-0.25, -0.2) is 0 Å². The normalized spacial score (nSPS) is 17.3. The molecule has 1 aliphatic rings. The van der Waals surface area contributed by atoms with E-state index in [0.717, 1.165) is 36.0 Å². The number of ether oxygens (including phenoxy) is 1. The summed E-state index contributed by atoms with van der Waals surface area (Å²) in [5.41, 5.74) is 1.95. The number of morpholine rings is 1. The number of rotatable bonds is 3. The Labute approximate surface area is 134 Å². The molecule has 0 radical (unpaired) electrons. The lowest BCUT2D eigenvalue weighted by molar-refractivity contribution is 0.0644. The van der Waals surface area contributed by atoms with Gasteiger partial charge in [0.05, 0.1) is 23.6 Å². The number of nitrogens with zero attached hydrogens (tertiary/aromatic N) is 1. The number of carbonyl (C=O) groups excluding carboxylic acids is 1. The molecule has 0 bridgehead atoms. The van der Waals surface area contributed by atoms with Gasteiger partial charge >= 0.3 is 0 Å². The summed E-state index contributed by atoms with van der Waals surface area (Å²) < 4.78 is 5.56. The van der Waals surface area contributed by atoms with E-state index in [1.54, 1.807) is 0 Å². The predicted molar refractivity (Wildman–Crippen MR) is 91.0 cm³/mol. The Bertz CT molecular complexity index is 635. The molecule has 4 nitrogen and oxygen atoms in total. The van der Waals surface area contributed by atoms with Crippen molar-refractivity contribution in [2.45, 2.75) is 19.4 Å². The Morgan fingerprint density at radius 1 is 1.27 bits per heavy atom. The van der Waals surface area contributed by atoms with Crippen molar-refractivity contribution in [1.82, 2.24) is 0 Å². The first-order chi connectivity index (χ1) is 10.6. The first kappa shape index (κ1) is 15.1. The van der Waals surface area contributed by atoms with Crippen molar-refractivity contribution in [3.05, 3.63) is 46.7 Å². The molecule has 1 aromatic carbocycles. The Balaban J connectivity index is 1.71. The van der Waals surface area contributed by atoms with E-state index in [9.17, 15) is 4.79 Å². The molecule has 0 saturated carbocycles. The SMILES string of the molecule is CC1(C)COCCN1c1ccc(NC(=O)c2cccs2)cc1.